The summed E-state index contributed by atoms with van der Waals surface area (Å²) in [4.78, 5) is 22.0. The molecule has 16 heavy (non-hydrogen) atoms. The SMILES string of the molecule is COC(=O)C[C@H]1CCS(=O)(=O)C[C@H]1C(=O)O. The van der Waals surface area contributed by atoms with Crippen molar-refractivity contribution < 1.29 is 27.9 Å². The van der Waals surface area contributed by atoms with E-state index in [2.05, 4.69) is 4.74 Å². The van der Waals surface area contributed by atoms with Crippen LogP contribution in [0.5, 0.6) is 0 Å². The average Bonchev–Trinajstić information content (AvgIpc) is 2.20. The number of sulfone groups is 1. The molecule has 1 N–H and O–H groups in total. The second-order valence-corrected chi connectivity index (χ2v) is 6.12. The number of carbonyl (C=O) groups is 2. The number of carbonyl (C=O) groups excluding carboxylic acids is 1. The maximum Gasteiger partial charge on any atom is 0.307 e. The largest absolute Gasteiger partial charge is 0.481 e. The summed E-state index contributed by atoms with van der Waals surface area (Å²) < 4.78 is 27.0. The Labute approximate surface area is 93.5 Å². The van der Waals surface area contributed by atoms with Crippen LogP contribution >= 0.6 is 0 Å². The molecule has 1 fully saturated rings. The van der Waals surface area contributed by atoms with Crippen LogP contribution in [0.25, 0.3) is 0 Å². The van der Waals surface area contributed by atoms with Crippen LogP contribution < -0.4 is 0 Å². The van der Waals surface area contributed by atoms with E-state index in [0.717, 1.165) is 0 Å². The van der Waals surface area contributed by atoms with Gasteiger partial charge in [-0.1, -0.05) is 0 Å². The van der Waals surface area contributed by atoms with Crippen molar-refractivity contribution in [1.29, 1.82) is 0 Å². The number of aliphatic carboxylic acids is 1. The van der Waals surface area contributed by atoms with Gasteiger partial charge >= 0.3 is 11.9 Å². The third kappa shape index (κ3) is 3.19. The molecular formula is C9H14O6S. The minimum absolute atomic E-state index is 0.0387. The molecule has 2 atom stereocenters. The molecule has 7 heteroatoms. The van der Waals surface area contributed by atoms with Crippen molar-refractivity contribution in [3.63, 3.8) is 0 Å². The van der Waals surface area contributed by atoms with Gasteiger partial charge in [-0.25, -0.2) is 8.42 Å². The Bertz CT molecular complexity index is 385. The van der Waals surface area contributed by atoms with Crippen LogP contribution in [0.3, 0.4) is 0 Å². The zero-order chi connectivity index (χ0) is 12.3. The Kier molecular flexibility index (Phi) is 3.90. The van der Waals surface area contributed by atoms with Crippen molar-refractivity contribution in [3.05, 3.63) is 0 Å². The first-order valence-corrected chi connectivity index (χ1v) is 6.68. The van der Waals surface area contributed by atoms with Gasteiger partial charge in [0.1, 0.15) is 0 Å². The van der Waals surface area contributed by atoms with Gasteiger partial charge < -0.3 is 9.84 Å². The fourth-order valence-electron chi connectivity index (χ4n) is 1.84. The normalized spacial score (nSPS) is 28.3. The smallest absolute Gasteiger partial charge is 0.307 e. The quantitative estimate of drug-likeness (QED) is 0.690. The van der Waals surface area contributed by atoms with Gasteiger partial charge in [-0.2, -0.15) is 0 Å². The van der Waals surface area contributed by atoms with Crippen LogP contribution in [0.2, 0.25) is 0 Å². The number of methoxy groups -OCH3 is 1. The van der Waals surface area contributed by atoms with E-state index >= 15 is 0 Å². The molecule has 0 aromatic rings. The molecule has 92 valence electrons. The third-order valence-electron chi connectivity index (χ3n) is 2.78. The number of carboxylic acid groups (broad SMARTS) is 1. The summed E-state index contributed by atoms with van der Waals surface area (Å²) >= 11 is 0. The minimum atomic E-state index is -3.29. The molecule has 1 heterocycles. The van der Waals surface area contributed by atoms with Crippen LogP contribution in [0.1, 0.15) is 12.8 Å². The number of hydrogen-bond donors (Lipinski definition) is 1. The van der Waals surface area contributed by atoms with Crippen molar-refractivity contribution in [2.24, 2.45) is 11.8 Å². The molecule has 1 aliphatic heterocycles. The fraction of sp³-hybridized carbons (Fsp3) is 0.778. The van der Waals surface area contributed by atoms with Gasteiger partial charge in [0.2, 0.25) is 0 Å². The molecule has 1 rings (SSSR count). The first-order valence-electron chi connectivity index (χ1n) is 4.86. The predicted octanol–water partition coefficient (Wildman–Crippen LogP) is -0.315. The topological polar surface area (TPSA) is 97.7 Å². The molecule has 0 spiro atoms. The number of carboxylic acids is 1. The summed E-state index contributed by atoms with van der Waals surface area (Å²) in [7, 11) is -2.07. The maximum absolute atomic E-state index is 11.3. The van der Waals surface area contributed by atoms with Gasteiger partial charge in [0.15, 0.2) is 9.84 Å². The first kappa shape index (κ1) is 13.0. The summed E-state index contributed by atoms with van der Waals surface area (Å²) in [6.07, 6.45) is 0.164. The van der Waals surface area contributed by atoms with Crippen molar-refractivity contribution >= 4 is 21.8 Å². The summed E-state index contributed by atoms with van der Waals surface area (Å²) in [6, 6.07) is 0. The Morgan fingerprint density at radius 3 is 2.56 bits per heavy atom. The van der Waals surface area contributed by atoms with E-state index in [1.54, 1.807) is 0 Å². The summed E-state index contributed by atoms with van der Waals surface area (Å²) in [5.41, 5.74) is 0. The molecule has 0 amide bonds. The van der Waals surface area contributed by atoms with E-state index in [4.69, 9.17) is 5.11 Å². The summed E-state index contributed by atoms with van der Waals surface area (Å²) in [5.74, 6) is -3.57. The highest BCUT2D eigenvalue weighted by Crippen LogP contribution is 2.28. The number of esters is 1. The average molecular weight is 250 g/mol. The predicted molar refractivity (Wildman–Crippen MR) is 54.5 cm³/mol. The molecule has 1 saturated heterocycles. The Morgan fingerprint density at radius 2 is 2.06 bits per heavy atom. The first-order chi connectivity index (χ1) is 7.35. The van der Waals surface area contributed by atoms with Crippen LogP contribution in [0, 0.1) is 11.8 Å². The van der Waals surface area contributed by atoms with E-state index in [-0.39, 0.29) is 24.3 Å². The Hall–Kier alpha value is -1.11. The minimum Gasteiger partial charge on any atom is -0.481 e. The molecule has 6 nitrogen and oxygen atoms in total. The van der Waals surface area contributed by atoms with Crippen molar-refractivity contribution in [2.45, 2.75) is 12.8 Å². The van der Waals surface area contributed by atoms with E-state index in [9.17, 15) is 18.0 Å². The second kappa shape index (κ2) is 4.82. The molecule has 0 saturated carbocycles. The highest BCUT2D eigenvalue weighted by molar-refractivity contribution is 7.91. The maximum atomic E-state index is 11.3. The Morgan fingerprint density at radius 1 is 1.44 bits per heavy atom. The van der Waals surface area contributed by atoms with E-state index in [1.165, 1.54) is 7.11 Å². The third-order valence-corrected chi connectivity index (χ3v) is 4.50. The highest BCUT2D eigenvalue weighted by Gasteiger charge is 2.38. The van der Waals surface area contributed by atoms with E-state index in [0.29, 0.717) is 0 Å². The van der Waals surface area contributed by atoms with Crippen LogP contribution in [-0.2, 0) is 24.2 Å². The lowest BCUT2D eigenvalue weighted by molar-refractivity contribution is -0.146. The van der Waals surface area contributed by atoms with Crippen LogP contribution in [0.4, 0.5) is 0 Å². The zero-order valence-corrected chi connectivity index (χ0v) is 9.70. The molecule has 0 aromatic heterocycles. The van der Waals surface area contributed by atoms with Gasteiger partial charge in [0.05, 0.1) is 24.5 Å². The lowest BCUT2D eigenvalue weighted by Gasteiger charge is -2.27. The molecule has 0 unspecified atom stereocenters. The van der Waals surface area contributed by atoms with Crippen molar-refractivity contribution in [3.8, 4) is 0 Å². The number of ether oxygens (including phenoxy) is 1. The fourth-order valence-corrected chi connectivity index (χ4v) is 3.63. The van der Waals surface area contributed by atoms with Gasteiger partial charge in [0.25, 0.3) is 0 Å². The van der Waals surface area contributed by atoms with Gasteiger partial charge in [-0.3, -0.25) is 9.59 Å². The summed E-state index contributed by atoms with van der Waals surface area (Å²) in [6.45, 7) is 0. The molecular weight excluding hydrogens is 236 g/mol. The number of hydrogen-bond acceptors (Lipinski definition) is 5. The van der Waals surface area contributed by atoms with E-state index < -0.39 is 33.6 Å². The molecule has 0 aromatic carbocycles. The second-order valence-electron chi connectivity index (χ2n) is 3.89. The number of rotatable bonds is 3. The van der Waals surface area contributed by atoms with Gasteiger partial charge in [-0.15, -0.1) is 0 Å². The molecule has 0 radical (unpaired) electrons. The van der Waals surface area contributed by atoms with Crippen LogP contribution in [-0.4, -0.2) is 44.1 Å². The van der Waals surface area contributed by atoms with Crippen LogP contribution in [0.15, 0.2) is 0 Å². The van der Waals surface area contributed by atoms with E-state index in [1.807, 2.05) is 0 Å². The van der Waals surface area contributed by atoms with Crippen molar-refractivity contribution in [2.75, 3.05) is 18.6 Å². The Balaban J connectivity index is 2.77. The van der Waals surface area contributed by atoms with Gasteiger partial charge in [-0.05, 0) is 12.3 Å². The standard InChI is InChI=1S/C9H14O6S/c1-15-8(10)4-6-2-3-16(13,14)5-7(6)9(11)12/h6-7H,2-5H2,1H3,(H,11,12)/t6-,7-/m1/s1. The molecule has 0 aliphatic carbocycles. The zero-order valence-electron chi connectivity index (χ0n) is 8.88. The highest BCUT2D eigenvalue weighted by atomic mass is 32.2. The summed E-state index contributed by atoms with van der Waals surface area (Å²) in [5, 5.41) is 8.91. The van der Waals surface area contributed by atoms with Crippen molar-refractivity contribution in [1.82, 2.24) is 0 Å². The lowest BCUT2D eigenvalue weighted by atomic mass is 9.88. The van der Waals surface area contributed by atoms with Gasteiger partial charge in [0, 0.05) is 6.42 Å². The lowest BCUT2D eigenvalue weighted by Crippen LogP contribution is -2.38. The molecule has 1 aliphatic rings. The monoisotopic (exact) mass is 250 g/mol. The molecule has 0 bridgehead atoms.